The van der Waals surface area contributed by atoms with Gasteiger partial charge in [0.15, 0.2) is 0 Å². The summed E-state index contributed by atoms with van der Waals surface area (Å²) in [5, 5.41) is 2.95. The number of fused-ring (bicyclic) bond motifs is 1. The minimum atomic E-state index is -3.73. The van der Waals surface area contributed by atoms with E-state index in [0.29, 0.717) is 36.7 Å². The number of rotatable bonds is 8. The average Bonchev–Trinajstić information content (AvgIpc) is 3.33. The third-order valence-corrected chi connectivity index (χ3v) is 8.23. The maximum Gasteiger partial charge on any atom is 0.261 e. The molecule has 2 aromatic rings. The van der Waals surface area contributed by atoms with E-state index in [0.717, 1.165) is 44.1 Å². The molecule has 1 fully saturated rings. The smallest absolute Gasteiger partial charge is 0.261 e. The molecule has 0 aromatic heterocycles. The second-order valence-corrected chi connectivity index (χ2v) is 11.6. The Bertz CT molecular complexity index is 1180. The fraction of sp³-hybridized carbons (Fsp3) is 0.481. The van der Waals surface area contributed by atoms with Crippen LogP contribution < -0.4 is 10.0 Å². The number of hydrogen-bond donors (Lipinski definition) is 2. The zero-order valence-electron chi connectivity index (χ0n) is 20.5. The van der Waals surface area contributed by atoms with Gasteiger partial charge in [-0.25, -0.2) is 8.42 Å². The second-order valence-electron chi connectivity index (χ2n) is 9.95. The second kappa shape index (κ2) is 10.8. The van der Waals surface area contributed by atoms with E-state index < -0.39 is 16.1 Å². The minimum absolute atomic E-state index is 0.106. The van der Waals surface area contributed by atoms with E-state index in [1.165, 1.54) is 5.56 Å². The van der Waals surface area contributed by atoms with Crippen molar-refractivity contribution in [2.24, 2.45) is 5.92 Å². The monoisotopic (exact) mass is 497 g/mol. The van der Waals surface area contributed by atoms with Crippen molar-refractivity contribution < 1.29 is 18.0 Å². The summed E-state index contributed by atoms with van der Waals surface area (Å²) in [6, 6.07) is 11.3. The summed E-state index contributed by atoms with van der Waals surface area (Å²) in [5.41, 5.74) is 3.16. The molecule has 2 aromatic carbocycles. The van der Waals surface area contributed by atoms with Crippen LogP contribution in [-0.4, -0.2) is 44.3 Å². The molecule has 8 heteroatoms. The van der Waals surface area contributed by atoms with Crippen molar-refractivity contribution in [1.29, 1.82) is 0 Å². The lowest BCUT2D eigenvalue weighted by molar-refractivity contribution is -0.124. The molecule has 2 N–H and O–H groups in total. The normalized spacial score (nSPS) is 17.8. The number of nitrogens with zero attached hydrogens (tertiary/aromatic N) is 1. The molecular weight excluding hydrogens is 462 g/mol. The predicted octanol–water partition coefficient (Wildman–Crippen LogP) is 4.13. The summed E-state index contributed by atoms with van der Waals surface area (Å²) in [4.78, 5) is 27.6. The van der Waals surface area contributed by atoms with Gasteiger partial charge in [-0.15, -0.1) is 0 Å². The van der Waals surface area contributed by atoms with Crippen molar-refractivity contribution in [2.75, 3.05) is 17.8 Å². The van der Waals surface area contributed by atoms with Gasteiger partial charge in [0.2, 0.25) is 5.91 Å². The average molecular weight is 498 g/mol. The van der Waals surface area contributed by atoms with Crippen molar-refractivity contribution in [3.05, 3.63) is 59.2 Å². The van der Waals surface area contributed by atoms with Gasteiger partial charge >= 0.3 is 0 Å². The number of anilines is 1. The van der Waals surface area contributed by atoms with Gasteiger partial charge in [-0.05, 0) is 98.4 Å². The number of benzene rings is 2. The Hall–Kier alpha value is -2.87. The zero-order valence-corrected chi connectivity index (χ0v) is 21.4. The quantitative estimate of drug-likeness (QED) is 0.573. The highest BCUT2D eigenvalue weighted by Gasteiger charge is 2.34. The Labute approximate surface area is 208 Å². The van der Waals surface area contributed by atoms with Gasteiger partial charge in [-0.3, -0.25) is 14.3 Å². The molecule has 1 heterocycles. The topological polar surface area (TPSA) is 95.6 Å². The standard InChI is InChI=1S/C27H35N3O4S/c1-19(2)15-16-28-26(31)25-8-5-17-30(25)27(32)21-9-12-23(13-10-21)29-35(33,34)24-14-11-20-6-3-4-7-22(20)18-24/h9-14,18-19,25,29H,3-8,15-17H2,1-2H3,(H,28,31)/t25-/m1/s1. The van der Waals surface area contributed by atoms with Crippen molar-refractivity contribution in [3.8, 4) is 0 Å². The molecule has 0 radical (unpaired) electrons. The summed E-state index contributed by atoms with van der Waals surface area (Å²) < 4.78 is 28.5. The van der Waals surface area contributed by atoms with Gasteiger partial charge in [0.1, 0.15) is 6.04 Å². The lowest BCUT2D eigenvalue weighted by Gasteiger charge is -2.24. The van der Waals surface area contributed by atoms with Gasteiger partial charge in [0.05, 0.1) is 4.90 Å². The van der Waals surface area contributed by atoms with Gasteiger partial charge in [-0.2, -0.15) is 0 Å². The summed E-state index contributed by atoms with van der Waals surface area (Å²) in [6.07, 6.45) is 6.46. The van der Waals surface area contributed by atoms with Crippen LogP contribution in [-0.2, 0) is 27.7 Å². The van der Waals surface area contributed by atoms with Crippen LogP contribution in [0.5, 0.6) is 0 Å². The van der Waals surface area contributed by atoms with E-state index in [4.69, 9.17) is 0 Å². The molecule has 1 atom stereocenters. The molecule has 35 heavy (non-hydrogen) atoms. The van der Waals surface area contributed by atoms with Gasteiger partial charge < -0.3 is 10.2 Å². The Kier molecular flexibility index (Phi) is 7.79. The van der Waals surface area contributed by atoms with Crippen LogP contribution in [0, 0.1) is 5.92 Å². The van der Waals surface area contributed by atoms with Gasteiger partial charge in [-0.1, -0.05) is 19.9 Å². The summed E-state index contributed by atoms with van der Waals surface area (Å²) >= 11 is 0. The Balaban J connectivity index is 1.41. The highest BCUT2D eigenvalue weighted by molar-refractivity contribution is 7.92. The molecule has 0 spiro atoms. The lowest BCUT2D eigenvalue weighted by atomic mass is 9.92. The molecule has 2 aliphatic rings. The van der Waals surface area contributed by atoms with Crippen LogP contribution in [0.2, 0.25) is 0 Å². The largest absolute Gasteiger partial charge is 0.354 e. The fourth-order valence-electron chi connectivity index (χ4n) is 4.82. The first-order valence-electron chi connectivity index (χ1n) is 12.6. The molecule has 7 nitrogen and oxygen atoms in total. The number of carbonyl (C=O) groups excluding carboxylic acids is 2. The van der Waals surface area contributed by atoms with Crippen molar-refractivity contribution in [3.63, 3.8) is 0 Å². The molecule has 0 saturated carbocycles. The van der Waals surface area contributed by atoms with Crippen LogP contribution in [0.3, 0.4) is 0 Å². The fourth-order valence-corrected chi connectivity index (χ4v) is 5.93. The van der Waals surface area contributed by atoms with E-state index in [-0.39, 0.29) is 16.7 Å². The van der Waals surface area contributed by atoms with Crippen LogP contribution in [0.4, 0.5) is 5.69 Å². The molecule has 0 bridgehead atoms. The molecule has 4 rings (SSSR count). The Morgan fingerprint density at radius 1 is 1.00 bits per heavy atom. The first-order valence-corrected chi connectivity index (χ1v) is 14.1. The predicted molar refractivity (Wildman–Crippen MR) is 137 cm³/mol. The van der Waals surface area contributed by atoms with Gasteiger partial charge in [0, 0.05) is 24.3 Å². The minimum Gasteiger partial charge on any atom is -0.354 e. The number of hydrogen-bond acceptors (Lipinski definition) is 4. The summed E-state index contributed by atoms with van der Waals surface area (Å²) in [7, 11) is -3.73. The van der Waals surface area contributed by atoms with Crippen LogP contribution >= 0.6 is 0 Å². The van der Waals surface area contributed by atoms with Crippen molar-refractivity contribution in [1.82, 2.24) is 10.2 Å². The number of aryl methyl sites for hydroxylation is 2. The lowest BCUT2D eigenvalue weighted by Crippen LogP contribution is -2.46. The van der Waals surface area contributed by atoms with E-state index in [1.807, 2.05) is 6.07 Å². The third-order valence-electron chi connectivity index (χ3n) is 6.85. The highest BCUT2D eigenvalue weighted by Crippen LogP contribution is 2.26. The van der Waals surface area contributed by atoms with Crippen molar-refractivity contribution in [2.45, 2.75) is 69.7 Å². The van der Waals surface area contributed by atoms with Crippen LogP contribution in [0.25, 0.3) is 0 Å². The van der Waals surface area contributed by atoms with Crippen LogP contribution in [0.1, 0.15) is 67.4 Å². The van der Waals surface area contributed by atoms with E-state index in [1.54, 1.807) is 41.3 Å². The number of carbonyl (C=O) groups is 2. The maximum atomic E-state index is 13.1. The first-order chi connectivity index (χ1) is 16.7. The van der Waals surface area contributed by atoms with E-state index in [2.05, 4.69) is 23.9 Å². The number of nitrogens with one attached hydrogen (secondary N) is 2. The highest BCUT2D eigenvalue weighted by atomic mass is 32.2. The molecular formula is C27H35N3O4S. The molecule has 188 valence electrons. The molecule has 2 amide bonds. The molecule has 1 aliphatic carbocycles. The van der Waals surface area contributed by atoms with Crippen molar-refractivity contribution >= 4 is 27.5 Å². The SMILES string of the molecule is CC(C)CCNC(=O)[C@H]1CCCN1C(=O)c1ccc(NS(=O)(=O)c2ccc3c(c2)CCCC3)cc1. The van der Waals surface area contributed by atoms with Gasteiger partial charge in [0.25, 0.3) is 15.9 Å². The molecule has 1 saturated heterocycles. The zero-order chi connectivity index (χ0) is 25.0. The Morgan fingerprint density at radius 3 is 2.43 bits per heavy atom. The maximum absolute atomic E-state index is 13.1. The summed E-state index contributed by atoms with van der Waals surface area (Å²) in [5.74, 6) is 0.182. The number of sulfonamides is 1. The molecule has 0 unspecified atom stereocenters. The van der Waals surface area contributed by atoms with Crippen LogP contribution in [0.15, 0.2) is 47.4 Å². The molecule has 1 aliphatic heterocycles. The Morgan fingerprint density at radius 2 is 1.71 bits per heavy atom. The number of amides is 2. The van der Waals surface area contributed by atoms with E-state index in [9.17, 15) is 18.0 Å². The summed E-state index contributed by atoms with van der Waals surface area (Å²) in [6.45, 7) is 5.35. The number of likely N-dealkylation sites (tertiary alicyclic amines) is 1. The third kappa shape index (κ3) is 6.04. The first kappa shape index (κ1) is 25.2. The van der Waals surface area contributed by atoms with E-state index >= 15 is 0 Å².